The lowest BCUT2D eigenvalue weighted by Gasteiger charge is -2.41. The van der Waals surface area contributed by atoms with Gasteiger partial charge in [-0.25, -0.2) is 4.98 Å². The fraction of sp³-hybridized carbons (Fsp3) is 0.654. The highest BCUT2D eigenvalue weighted by molar-refractivity contribution is 5.98. The van der Waals surface area contributed by atoms with Crippen molar-refractivity contribution < 1.29 is 14.7 Å². The minimum atomic E-state index is -0.238. The first-order chi connectivity index (χ1) is 15.8. The monoisotopic (exact) mass is 452 g/mol. The summed E-state index contributed by atoms with van der Waals surface area (Å²) in [6, 6.07) is 4.69. The molecule has 0 spiro atoms. The molecular formula is C26H36N4O3. The molecule has 1 aromatic carbocycles. The minimum absolute atomic E-state index is 0.00581. The molecule has 5 rings (SSSR count). The van der Waals surface area contributed by atoms with E-state index in [0.29, 0.717) is 30.7 Å². The largest absolute Gasteiger partial charge is 0.393 e. The fourth-order valence-corrected chi connectivity index (χ4v) is 5.58. The molecular weight excluding hydrogens is 416 g/mol. The molecule has 7 heteroatoms. The maximum atomic E-state index is 13.5. The molecule has 2 amide bonds. The minimum Gasteiger partial charge on any atom is -0.393 e. The zero-order valence-corrected chi connectivity index (χ0v) is 20.1. The molecule has 1 aromatic heterocycles. The van der Waals surface area contributed by atoms with Crippen molar-refractivity contribution >= 4 is 22.8 Å². The summed E-state index contributed by atoms with van der Waals surface area (Å²) in [5, 5.41) is 9.77. The first-order valence-corrected chi connectivity index (χ1v) is 12.6. The van der Waals surface area contributed by atoms with E-state index in [2.05, 4.69) is 26.0 Å². The maximum absolute atomic E-state index is 13.5. The van der Waals surface area contributed by atoms with Gasteiger partial charge in [-0.1, -0.05) is 19.9 Å². The van der Waals surface area contributed by atoms with Gasteiger partial charge in [0.1, 0.15) is 6.54 Å². The standard InChI is InChI=1S/C26H36N4O3/c1-16(2)12-19-13-18(17-4-5-17)14-22-24(19)27-25(28(22)3)26(33)29-10-11-30(23(32)15-29)20-6-8-21(31)9-7-20/h13-14,16-17,20-21,31H,4-12,15H2,1-3H3/t20-,21-. The van der Waals surface area contributed by atoms with Crippen LogP contribution in [0.15, 0.2) is 12.1 Å². The molecule has 1 saturated heterocycles. The van der Waals surface area contributed by atoms with Crippen LogP contribution in [0.3, 0.4) is 0 Å². The Morgan fingerprint density at radius 1 is 1.12 bits per heavy atom. The molecule has 0 radical (unpaired) electrons. The Bertz CT molecular complexity index is 1060. The van der Waals surface area contributed by atoms with E-state index in [4.69, 9.17) is 4.98 Å². The number of amides is 2. The van der Waals surface area contributed by atoms with E-state index in [1.807, 2.05) is 16.5 Å². The second-order valence-electron chi connectivity index (χ2n) is 10.7. The average Bonchev–Trinajstić information content (AvgIpc) is 3.58. The maximum Gasteiger partial charge on any atom is 0.290 e. The molecule has 0 bridgehead atoms. The molecule has 0 atom stereocenters. The van der Waals surface area contributed by atoms with E-state index in [-0.39, 0.29) is 30.5 Å². The third kappa shape index (κ3) is 4.39. The smallest absolute Gasteiger partial charge is 0.290 e. The molecule has 2 aliphatic carbocycles. The van der Waals surface area contributed by atoms with Crippen molar-refractivity contribution in [3.63, 3.8) is 0 Å². The van der Waals surface area contributed by atoms with Gasteiger partial charge in [0.15, 0.2) is 5.82 Å². The summed E-state index contributed by atoms with van der Waals surface area (Å²) in [5.74, 6) is 1.41. The Morgan fingerprint density at radius 2 is 1.85 bits per heavy atom. The Balaban J connectivity index is 1.37. The van der Waals surface area contributed by atoms with Gasteiger partial charge in [0, 0.05) is 26.2 Å². The summed E-state index contributed by atoms with van der Waals surface area (Å²) < 4.78 is 1.92. The van der Waals surface area contributed by atoms with Crippen LogP contribution in [0.25, 0.3) is 11.0 Å². The molecule has 3 fully saturated rings. The van der Waals surface area contributed by atoms with Crippen molar-refractivity contribution in [1.29, 1.82) is 0 Å². The molecule has 3 aliphatic rings. The lowest BCUT2D eigenvalue weighted by atomic mass is 9.91. The van der Waals surface area contributed by atoms with Crippen LogP contribution < -0.4 is 0 Å². The topological polar surface area (TPSA) is 78.7 Å². The molecule has 2 aromatic rings. The van der Waals surface area contributed by atoms with E-state index in [1.165, 1.54) is 24.0 Å². The van der Waals surface area contributed by atoms with E-state index in [9.17, 15) is 14.7 Å². The fourth-order valence-electron chi connectivity index (χ4n) is 5.58. The molecule has 2 saturated carbocycles. The predicted octanol–water partition coefficient (Wildman–Crippen LogP) is 3.24. The number of benzene rings is 1. The number of nitrogens with zero attached hydrogens (tertiary/aromatic N) is 4. The van der Waals surface area contributed by atoms with E-state index in [0.717, 1.165) is 43.1 Å². The zero-order chi connectivity index (χ0) is 23.3. The van der Waals surface area contributed by atoms with Crippen molar-refractivity contribution in [2.45, 2.75) is 76.9 Å². The zero-order valence-electron chi connectivity index (χ0n) is 20.1. The predicted molar refractivity (Wildman–Crippen MR) is 127 cm³/mol. The van der Waals surface area contributed by atoms with Crippen molar-refractivity contribution in [2.75, 3.05) is 19.6 Å². The van der Waals surface area contributed by atoms with Crippen LogP contribution >= 0.6 is 0 Å². The van der Waals surface area contributed by atoms with E-state index >= 15 is 0 Å². The number of aliphatic hydroxyl groups is 1. The van der Waals surface area contributed by atoms with Gasteiger partial charge >= 0.3 is 0 Å². The van der Waals surface area contributed by atoms with E-state index < -0.39 is 0 Å². The summed E-state index contributed by atoms with van der Waals surface area (Å²) in [6.07, 6.45) is 6.36. The number of piperazine rings is 1. The van der Waals surface area contributed by atoms with Crippen molar-refractivity contribution in [3.8, 4) is 0 Å². The molecule has 7 nitrogen and oxygen atoms in total. The number of hydrogen-bond donors (Lipinski definition) is 1. The molecule has 0 unspecified atom stereocenters. The second-order valence-corrected chi connectivity index (χ2v) is 10.7. The molecule has 1 N–H and O–H groups in total. The van der Waals surface area contributed by atoms with Crippen LogP contribution in [0.2, 0.25) is 0 Å². The quantitative estimate of drug-likeness (QED) is 0.755. The summed E-state index contributed by atoms with van der Waals surface area (Å²) >= 11 is 0. The lowest BCUT2D eigenvalue weighted by molar-refractivity contribution is -0.138. The highest BCUT2D eigenvalue weighted by Crippen LogP contribution is 2.42. The highest BCUT2D eigenvalue weighted by atomic mass is 16.3. The van der Waals surface area contributed by atoms with Crippen molar-refractivity contribution in [1.82, 2.24) is 19.4 Å². The van der Waals surface area contributed by atoms with Gasteiger partial charge in [-0.05, 0) is 74.0 Å². The van der Waals surface area contributed by atoms with Crippen LogP contribution in [-0.4, -0.2) is 68.1 Å². The number of aromatic nitrogens is 2. The SMILES string of the molecule is CC(C)Cc1cc(C2CC2)cc2c1nc(C(=O)N1CCN([C@H]3CC[C@H](O)CC3)C(=O)C1)n2C. The van der Waals surface area contributed by atoms with Crippen LogP contribution in [0, 0.1) is 5.92 Å². The first kappa shape index (κ1) is 22.4. The Labute approximate surface area is 195 Å². The van der Waals surface area contributed by atoms with Crippen LogP contribution in [0.1, 0.15) is 80.0 Å². The summed E-state index contributed by atoms with van der Waals surface area (Å²) in [4.78, 5) is 34.8. The number of aliphatic hydroxyl groups excluding tert-OH is 1. The summed E-state index contributed by atoms with van der Waals surface area (Å²) in [6.45, 7) is 5.61. The average molecular weight is 453 g/mol. The van der Waals surface area contributed by atoms with Crippen LogP contribution in [0.4, 0.5) is 0 Å². The third-order valence-electron chi connectivity index (χ3n) is 7.61. The second kappa shape index (κ2) is 8.75. The van der Waals surface area contributed by atoms with Gasteiger partial charge in [-0.2, -0.15) is 0 Å². The van der Waals surface area contributed by atoms with Crippen molar-refractivity contribution in [2.24, 2.45) is 13.0 Å². The summed E-state index contributed by atoms with van der Waals surface area (Å²) in [5.41, 5.74) is 4.52. The number of carbonyl (C=O) groups is 2. The van der Waals surface area contributed by atoms with Gasteiger partial charge in [-0.3, -0.25) is 9.59 Å². The van der Waals surface area contributed by atoms with Crippen molar-refractivity contribution in [3.05, 3.63) is 29.1 Å². The number of carbonyl (C=O) groups excluding carboxylic acids is 2. The number of rotatable bonds is 5. The van der Waals surface area contributed by atoms with Gasteiger partial charge < -0.3 is 19.5 Å². The Kier molecular flexibility index (Phi) is 5.93. The van der Waals surface area contributed by atoms with Crippen LogP contribution in [-0.2, 0) is 18.3 Å². The lowest BCUT2D eigenvalue weighted by Crippen LogP contribution is -2.56. The van der Waals surface area contributed by atoms with Gasteiger partial charge in [-0.15, -0.1) is 0 Å². The first-order valence-electron chi connectivity index (χ1n) is 12.6. The van der Waals surface area contributed by atoms with Gasteiger partial charge in [0.05, 0.1) is 17.1 Å². The molecule has 33 heavy (non-hydrogen) atoms. The molecule has 1 aliphatic heterocycles. The summed E-state index contributed by atoms with van der Waals surface area (Å²) in [7, 11) is 1.92. The normalized spacial score (nSPS) is 24.2. The number of fused-ring (bicyclic) bond motifs is 1. The van der Waals surface area contributed by atoms with Gasteiger partial charge in [0.2, 0.25) is 5.91 Å². The number of imidazole rings is 1. The van der Waals surface area contributed by atoms with E-state index in [1.54, 1.807) is 4.90 Å². The van der Waals surface area contributed by atoms with Gasteiger partial charge in [0.25, 0.3) is 5.91 Å². The molecule has 2 heterocycles. The Morgan fingerprint density at radius 3 is 2.48 bits per heavy atom. The molecule has 178 valence electrons. The highest BCUT2D eigenvalue weighted by Gasteiger charge is 2.35. The Hall–Kier alpha value is -2.41. The van der Waals surface area contributed by atoms with Crippen LogP contribution in [0.5, 0.6) is 0 Å². The number of aryl methyl sites for hydroxylation is 1. The third-order valence-corrected chi connectivity index (χ3v) is 7.61. The number of hydrogen-bond acceptors (Lipinski definition) is 4.